The van der Waals surface area contributed by atoms with Crippen molar-refractivity contribution >= 4 is 11.8 Å². The van der Waals surface area contributed by atoms with Crippen molar-refractivity contribution < 1.29 is 9.59 Å². The Morgan fingerprint density at radius 2 is 1.81 bits per heavy atom. The van der Waals surface area contributed by atoms with Crippen molar-refractivity contribution in [3.63, 3.8) is 0 Å². The van der Waals surface area contributed by atoms with Crippen LogP contribution < -0.4 is 5.32 Å². The summed E-state index contributed by atoms with van der Waals surface area (Å²) in [4.78, 5) is 31.6. The van der Waals surface area contributed by atoms with Gasteiger partial charge in [-0.05, 0) is 42.9 Å². The normalized spacial score (nSPS) is 14.3. The maximum Gasteiger partial charge on any atom is 0.255 e. The number of carbonyl (C=O) groups excluding carboxylic acids is 2. The molecule has 0 atom stereocenters. The maximum absolute atomic E-state index is 12.8. The standard InChI is InChI=1S/C25H29N5O2/c1-29-18-22(25(32)27-17-21-9-5-6-12-26-21)23(28-29)15-20-10-13-30(14-11-20)24(31)16-19-7-3-2-4-8-19/h2-9,12,18,20H,10-11,13-17H2,1H3,(H,27,32). The molecular formula is C25H29N5O2. The van der Waals surface area contributed by atoms with Gasteiger partial charge in [0.05, 0.1) is 29.9 Å². The van der Waals surface area contributed by atoms with Crippen LogP contribution in [0.5, 0.6) is 0 Å². The number of hydrogen-bond acceptors (Lipinski definition) is 4. The number of hydrogen-bond donors (Lipinski definition) is 1. The largest absolute Gasteiger partial charge is 0.346 e. The number of nitrogens with zero attached hydrogens (tertiary/aromatic N) is 4. The summed E-state index contributed by atoms with van der Waals surface area (Å²) in [6, 6.07) is 15.5. The van der Waals surface area contributed by atoms with Crippen LogP contribution >= 0.6 is 0 Å². The summed E-state index contributed by atoms with van der Waals surface area (Å²) in [5.74, 6) is 0.462. The molecule has 3 aromatic rings. The van der Waals surface area contributed by atoms with E-state index < -0.39 is 0 Å². The van der Waals surface area contributed by atoms with Crippen LogP contribution in [0.4, 0.5) is 0 Å². The molecule has 7 nitrogen and oxygen atoms in total. The van der Waals surface area contributed by atoms with E-state index in [0.29, 0.717) is 24.4 Å². The van der Waals surface area contributed by atoms with Crippen LogP contribution in [0.2, 0.25) is 0 Å². The second-order valence-corrected chi connectivity index (χ2v) is 8.36. The van der Waals surface area contributed by atoms with E-state index >= 15 is 0 Å². The zero-order valence-corrected chi connectivity index (χ0v) is 18.4. The van der Waals surface area contributed by atoms with Gasteiger partial charge in [-0.3, -0.25) is 19.3 Å². The first-order chi connectivity index (χ1) is 15.6. The van der Waals surface area contributed by atoms with Gasteiger partial charge in [0, 0.05) is 32.5 Å². The molecule has 1 fully saturated rings. The lowest BCUT2D eigenvalue weighted by molar-refractivity contribution is -0.131. The molecule has 0 unspecified atom stereocenters. The average Bonchev–Trinajstić information content (AvgIpc) is 3.19. The van der Waals surface area contributed by atoms with Crippen LogP contribution in [0.25, 0.3) is 0 Å². The van der Waals surface area contributed by atoms with Crippen molar-refractivity contribution in [1.82, 2.24) is 25.0 Å². The minimum atomic E-state index is -0.130. The van der Waals surface area contributed by atoms with Crippen LogP contribution in [0.3, 0.4) is 0 Å². The van der Waals surface area contributed by atoms with Gasteiger partial charge in [0.2, 0.25) is 5.91 Å². The Hall–Kier alpha value is -3.48. The Morgan fingerprint density at radius 3 is 2.53 bits per heavy atom. The first-order valence-electron chi connectivity index (χ1n) is 11.1. The van der Waals surface area contributed by atoms with Crippen molar-refractivity contribution in [1.29, 1.82) is 0 Å². The van der Waals surface area contributed by atoms with Crippen molar-refractivity contribution in [2.75, 3.05) is 13.1 Å². The molecule has 32 heavy (non-hydrogen) atoms. The quantitative estimate of drug-likeness (QED) is 0.624. The zero-order valence-electron chi connectivity index (χ0n) is 18.4. The number of nitrogens with one attached hydrogen (secondary N) is 1. The number of likely N-dealkylation sites (tertiary alicyclic amines) is 1. The summed E-state index contributed by atoms with van der Waals surface area (Å²) in [6.07, 6.45) is 6.54. The summed E-state index contributed by atoms with van der Waals surface area (Å²) < 4.78 is 1.70. The average molecular weight is 432 g/mol. The third kappa shape index (κ3) is 5.60. The van der Waals surface area contributed by atoms with Gasteiger partial charge in [-0.25, -0.2) is 0 Å². The van der Waals surface area contributed by atoms with Crippen LogP contribution in [-0.2, 0) is 31.2 Å². The maximum atomic E-state index is 12.8. The third-order valence-electron chi connectivity index (χ3n) is 5.95. The molecule has 1 saturated heterocycles. The molecule has 0 bridgehead atoms. The highest BCUT2D eigenvalue weighted by molar-refractivity contribution is 5.95. The lowest BCUT2D eigenvalue weighted by Gasteiger charge is -2.32. The van der Waals surface area contributed by atoms with E-state index in [1.165, 1.54) is 0 Å². The molecule has 2 amide bonds. The number of pyridine rings is 1. The first kappa shape index (κ1) is 21.7. The van der Waals surface area contributed by atoms with Crippen LogP contribution in [0, 0.1) is 5.92 Å². The highest BCUT2D eigenvalue weighted by atomic mass is 16.2. The molecule has 0 spiro atoms. The first-order valence-corrected chi connectivity index (χ1v) is 11.1. The second kappa shape index (κ2) is 10.2. The lowest BCUT2D eigenvalue weighted by Crippen LogP contribution is -2.39. The Morgan fingerprint density at radius 1 is 1.06 bits per heavy atom. The van der Waals surface area contributed by atoms with Gasteiger partial charge in [0.1, 0.15) is 0 Å². The number of rotatable bonds is 7. The molecule has 1 N–H and O–H groups in total. The zero-order chi connectivity index (χ0) is 22.3. The van der Waals surface area contributed by atoms with Gasteiger partial charge in [-0.2, -0.15) is 5.10 Å². The topological polar surface area (TPSA) is 80.1 Å². The van der Waals surface area contributed by atoms with Gasteiger partial charge in [0.15, 0.2) is 0 Å². The predicted molar refractivity (Wildman–Crippen MR) is 122 cm³/mol. The fraction of sp³-hybridized carbons (Fsp3) is 0.360. The number of aromatic nitrogens is 3. The van der Waals surface area contributed by atoms with Crippen LogP contribution in [0.1, 0.15) is 40.2 Å². The van der Waals surface area contributed by atoms with Crippen molar-refractivity contribution in [2.24, 2.45) is 13.0 Å². The monoisotopic (exact) mass is 431 g/mol. The summed E-state index contributed by atoms with van der Waals surface area (Å²) in [7, 11) is 1.84. The molecule has 0 radical (unpaired) electrons. The van der Waals surface area contributed by atoms with Crippen molar-refractivity contribution in [2.45, 2.75) is 32.2 Å². The lowest BCUT2D eigenvalue weighted by atomic mass is 9.91. The summed E-state index contributed by atoms with van der Waals surface area (Å²) in [5, 5.41) is 7.49. The van der Waals surface area contributed by atoms with Gasteiger partial charge in [-0.15, -0.1) is 0 Å². The summed E-state index contributed by atoms with van der Waals surface area (Å²) >= 11 is 0. The minimum absolute atomic E-state index is 0.130. The van der Waals surface area contributed by atoms with E-state index in [9.17, 15) is 9.59 Å². The minimum Gasteiger partial charge on any atom is -0.346 e. The van der Waals surface area contributed by atoms with E-state index in [0.717, 1.165) is 49.3 Å². The van der Waals surface area contributed by atoms with Gasteiger partial charge >= 0.3 is 0 Å². The predicted octanol–water partition coefficient (Wildman–Crippen LogP) is 2.77. The SMILES string of the molecule is Cn1cc(C(=O)NCc2ccccn2)c(CC2CCN(C(=O)Cc3ccccc3)CC2)n1. The highest BCUT2D eigenvalue weighted by Crippen LogP contribution is 2.23. The summed E-state index contributed by atoms with van der Waals surface area (Å²) in [6.45, 7) is 1.89. The molecule has 1 aromatic carbocycles. The molecule has 4 rings (SSSR count). The molecular weight excluding hydrogens is 402 g/mol. The van der Waals surface area contributed by atoms with E-state index in [-0.39, 0.29) is 11.8 Å². The number of aryl methyl sites for hydroxylation is 1. The molecule has 166 valence electrons. The fourth-order valence-electron chi connectivity index (χ4n) is 4.19. The van der Waals surface area contributed by atoms with Crippen molar-refractivity contribution in [3.8, 4) is 0 Å². The van der Waals surface area contributed by atoms with Crippen LogP contribution in [-0.4, -0.2) is 44.6 Å². The Bertz CT molecular complexity index is 1040. The molecule has 0 saturated carbocycles. The molecule has 2 aromatic heterocycles. The molecule has 3 heterocycles. The van der Waals surface area contributed by atoms with E-state index in [1.54, 1.807) is 17.1 Å². The Labute approximate surface area is 188 Å². The van der Waals surface area contributed by atoms with E-state index in [4.69, 9.17) is 0 Å². The van der Waals surface area contributed by atoms with Crippen molar-refractivity contribution in [3.05, 3.63) is 83.4 Å². The molecule has 0 aliphatic carbocycles. The smallest absolute Gasteiger partial charge is 0.255 e. The van der Waals surface area contributed by atoms with Gasteiger partial charge in [-0.1, -0.05) is 36.4 Å². The van der Waals surface area contributed by atoms with Crippen LogP contribution in [0.15, 0.2) is 60.9 Å². The fourth-order valence-corrected chi connectivity index (χ4v) is 4.19. The molecule has 7 heteroatoms. The Kier molecular flexibility index (Phi) is 6.94. The number of benzene rings is 1. The molecule has 1 aliphatic heterocycles. The van der Waals surface area contributed by atoms with Gasteiger partial charge in [0.25, 0.3) is 5.91 Å². The summed E-state index contributed by atoms with van der Waals surface area (Å²) in [5.41, 5.74) is 3.30. The van der Waals surface area contributed by atoms with Gasteiger partial charge < -0.3 is 10.2 Å². The third-order valence-corrected chi connectivity index (χ3v) is 5.95. The number of amides is 2. The number of piperidine rings is 1. The number of carbonyl (C=O) groups is 2. The van der Waals surface area contributed by atoms with E-state index in [2.05, 4.69) is 15.4 Å². The second-order valence-electron chi connectivity index (χ2n) is 8.36. The Balaban J connectivity index is 1.30. The highest BCUT2D eigenvalue weighted by Gasteiger charge is 2.25. The molecule has 1 aliphatic rings. The van der Waals surface area contributed by atoms with E-state index in [1.807, 2.05) is 60.5 Å².